The van der Waals surface area contributed by atoms with Crippen LogP contribution in [0.1, 0.15) is 42.9 Å². The predicted octanol–water partition coefficient (Wildman–Crippen LogP) is 9.44. The van der Waals surface area contributed by atoms with Crippen LogP contribution in [0.25, 0.3) is 0 Å². The number of aryl methyl sites for hydroxylation is 1. The van der Waals surface area contributed by atoms with Gasteiger partial charge in [-0.15, -0.1) is 0 Å². The van der Waals surface area contributed by atoms with Gasteiger partial charge in [-0.3, -0.25) is 0 Å². The van der Waals surface area contributed by atoms with Crippen molar-refractivity contribution in [1.82, 2.24) is 0 Å². The molecule has 0 spiro atoms. The fourth-order valence-electron chi connectivity index (χ4n) is 4.82. The van der Waals surface area contributed by atoms with Crippen molar-refractivity contribution in [3.8, 4) is 0 Å². The quantitative estimate of drug-likeness (QED) is 0.241. The molecule has 2 unspecified atom stereocenters. The van der Waals surface area contributed by atoms with E-state index >= 15 is 0 Å². The minimum absolute atomic E-state index is 0.620. The molecule has 4 rings (SSSR count). The molecule has 0 fully saturated rings. The second kappa shape index (κ2) is 8.40. The Bertz CT molecular complexity index is 1050. The van der Waals surface area contributed by atoms with Gasteiger partial charge in [0.05, 0.1) is 29.7 Å². The number of hydrogen-bond donors (Lipinski definition) is 0. The van der Waals surface area contributed by atoms with Gasteiger partial charge in [0, 0.05) is 0 Å². The summed E-state index contributed by atoms with van der Waals surface area (Å²) in [6, 6.07) is 29.8. The van der Waals surface area contributed by atoms with E-state index < -0.39 is 15.1 Å². The average molecular weight is 504 g/mol. The van der Waals surface area contributed by atoms with Gasteiger partial charge >= 0.3 is 33.0 Å². The van der Waals surface area contributed by atoms with Crippen molar-refractivity contribution in [3.05, 3.63) is 95.6 Å². The van der Waals surface area contributed by atoms with Crippen LogP contribution in [0.15, 0.2) is 78.9 Å². The number of halogens is 6. The second-order valence-electron chi connectivity index (χ2n) is 8.84. The molecule has 8 heteroatoms. The van der Waals surface area contributed by atoms with Gasteiger partial charge in [-0.05, 0) is 61.6 Å². The zero-order valence-electron chi connectivity index (χ0n) is 18.7. The molecule has 0 bridgehead atoms. The Kier molecular flexibility index (Phi) is 6.54. The SMILES string of the molecule is Cc1ccc2c(c1)C[P+](c1ccccc1)(c1ccccc1)C(C)CC2C.F[P-](F)(F)(F)(F)F. The molecule has 0 aromatic heterocycles. The molecule has 0 nitrogen and oxygen atoms in total. The van der Waals surface area contributed by atoms with E-state index in [2.05, 4.69) is 99.6 Å². The molecule has 0 radical (unpaired) electrons. The van der Waals surface area contributed by atoms with Gasteiger partial charge in [-0.25, -0.2) is 0 Å². The van der Waals surface area contributed by atoms with E-state index in [-0.39, 0.29) is 0 Å². The molecule has 0 N–H and O–H groups in total. The second-order valence-corrected chi connectivity index (χ2v) is 14.7. The van der Waals surface area contributed by atoms with Gasteiger partial charge in [0.1, 0.15) is 0 Å². The van der Waals surface area contributed by atoms with Crippen molar-refractivity contribution >= 4 is 25.7 Å². The van der Waals surface area contributed by atoms with Gasteiger partial charge < -0.3 is 0 Å². The number of rotatable bonds is 2. The predicted molar refractivity (Wildman–Crippen MR) is 130 cm³/mol. The Labute approximate surface area is 191 Å². The Morgan fingerprint density at radius 2 is 1.18 bits per heavy atom. The molecule has 3 aromatic carbocycles. The first-order chi connectivity index (χ1) is 15.1. The van der Waals surface area contributed by atoms with Crippen molar-refractivity contribution in [2.45, 2.75) is 44.9 Å². The van der Waals surface area contributed by atoms with E-state index in [9.17, 15) is 25.2 Å². The first-order valence-corrected chi connectivity index (χ1v) is 14.8. The summed E-state index contributed by atoms with van der Waals surface area (Å²) < 4.78 is 59.2. The molecule has 1 aliphatic heterocycles. The van der Waals surface area contributed by atoms with Crippen LogP contribution in [0.5, 0.6) is 0 Å². The summed E-state index contributed by atoms with van der Waals surface area (Å²) in [6.07, 6.45) is 2.44. The first kappa shape index (κ1) is 25.7. The van der Waals surface area contributed by atoms with Crippen LogP contribution >= 0.6 is 15.1 Å². The Balaban J connectivity index is 0.000000383. The molecule has 33 heavy (non-hydrogen) atoms. The first-order valence-electron chi connectivity index (χ1n) is 10.7. The van der Waals surface area contributed by atoms with Crippen LogP contribution < -0.4 is 10.6 Å². The average Bonchev–Trinajstić information content (AvgIpc) is 2.81. The van der Waals surface area contributed by atoms with Gasteiger partial charge in [-0.1, -0.05) is 67.1 Å². The van der Waals surface area contributed by atoms with Crippen LogP contribution in [0.3, 0.4) is 0 Å². The summed E-state index contributed by atoms with van der Waals surface area (Å²) in [7, 11) is -12.2. The molecule has 2 atom stereocenters. The van der Waals surface area contributed by atoms with Crippen LogP contribution in [0, 0.1) is 6.92 Å². The Morgan fingerprint density at radius 1 is 0.727 bits per heavy atom. The van der Waals surface area contributed by atoms with Crippen LogP contribution in [0.4, 0.5) is 25.2 Å². The van der Waals surface area contributed by atoms with Crippen LogP contribution in [-0.4, -0.2) is 5.66 Å². The monoisotopic (exact) mass is 504 g/mol. The number of fused-ring (bicyclic) bond motifs is 1. The van der Waals surface area contributed by atoms with Crippen molar-refractivity contribution < 1.29 is 25.2 Å². The van der Waals surface area contributed by atoms with Crippen LogP contribution in [0.2, 0.25) is 0 Å². The summed E-state index contributed by atoms with van der Waals surface area (Å²) in [5, 5.41) is 3.11. The molecule has 0 saturated carbocycles. The normalized spacial score (nSPS) is 22.0. The molecular formula is C25H28F6P2. The zero-order chi connectivity index (χ0) is 24.6. The van der Waals surface area contributed by atoms with E-state index in [1.165, 1.54) is 18.1 Å². The van der Waals surface area contributed by atoms with E-state index in [0.29, 0.717) is 11.6 Å². The molecule has 0 aliphatic carbocycles. The summed E-state index contributed by atoms with van der Waals surface area (Å²) >= 11 is 0. The van der Waals surface area contributed by atoms with Crippen molar-refractivity contribution in [2.24, 2.45) is 0 Å². The minimum atomic E-state index is -10.7. The molecular weight excluding hydrogens is 476 g/mol. The third-order valence-corrected chi connectivity index (χ3v) is 11.1. The van der Waals surface area contributed by atoms with E-state index in [1.54, 1.807) is 21.7 Å². The molecule has 0 amide bonds. The van der Waals surface area contributed by atoms with Crippen molar-refractivity contribution in [3.63, 3.8) is 0 Å². The van der Waals surface area contributed by atoms with E-state index in [0.717, 1.165) is 0 Å². The number of benzene rings is 3. The van der Waals surface area contributed by atoms with Crippen LogP contribution in [-0.2, 0) is 6.16 Å². The molecule has 1 aliphatic rings. The van der Waals surface area contributed by atoms with E-state index in [4.69, 9.17) is 0 Å². The maximum atomic E-state index is 9.87. The summed E-state index contributed by atoms with van der Waals surface area (Å²) in [5.74, 6) is 0.620. The van der Waals surface area contributed by atoms with Gasteiger partial charge in [0.15, 0.2) is 0 Å². The molecule has 0 saturated heterocycles. The summed E-state index contributed by atoms with van der Waals surface area (Å²) in [6.45, 7) is 7.15. The topological polar surface area (TPSA) is 0 Å². The fourth-order valence-corrected chi connectivity index (χ4v) is 9.71. The molecule has 180 valence electrons. The summed E-state index contributed by atoms with van der Waals surface area (Å²) in [5.41, 5.74) is 5.19. The van der Waals surface area contributed by atoms with Crippen molar-refractivity contribution in [1.29, 1.82) is 0 Å². The maximum absolute atomic E-state index is 10.7. The Hall–Kier alpha value is -1.90. The van der Waals surface area contributed by atoms with Gasteiger partial charge in [0.2, 0.25) is 0 Å². The fraction of sp³-hybridized carbons (Fsp3) is 0.280. The zero-order valence-corrected chi connectivity index (χ0v) is 20.5. The number of hydrogen-bond acceptors (Lipinski definition) is 0. The van der Waals surface area contributed by atoms with E-state index in [1.807, 2.05) is 0 Å². The molecule has 1 heterocycles. The molecule has 3 aromatic rings. The summed E-state index contributed by atoms with van der Waals surface area (Å²) in [4.78, 5) is 0. The third-order valence-electron chi connectivity index (χ3n) is 6.13. The standard InChI is InChI=1S/C25H28P.F6P/c1-19-14-15-25-20(2)17-21(3)26(18-22(25)16-19,23-10-6-4-7-11-23)24-12-8-5-9-13-24;1-7(2,3,4,5)6/h4-16,20-21H,17-18H2,1-3H3;/q+1;-1. The third kappa shape index (κ3) is 7.04. The van der Waals surface area contributed by atoms with Gasteiger partial charge in [-0.2, -0.15) is 0 Å². The Morgan fingerprint density at radius 3 is 1.64 bits per heavy atom. The van der Waals surface area contributed by atoms with Gasteiger partial charge in [0.25, 0.3) is 0 Å². The van der Waals surface area contributed by atoms with Crippen molar-refractivity contribution in [2.75, 3.05) is 0 Å².